The number of nitrogens with one attached hydrogen (secondary N) is 1. The SMILES string of the molecule is O=C(CSc1nnc(COc2ccccc2)n1-c1ccc(Cl)cc1)Nc1ccc(Cl)cc1. The van der Waals surface area contributed by atoms with Crippen molar-refractivity contribution in [3.8, 4) is 11.4 Å². The zero-order chi connectivity index (χ0) is 22.3. The van der Waals surface area contributed by atoms with E-state index in [-0.39, 0.29) is 18.3 Å². The molecule has 1 amide bonds. The highest BCUT2D eigenvalue weighted by Crippen LogP contribution is 2.24. The number of amides is 1. The smallest absolute Gasteiger partial charge is 0.234 e. The van der Waals surface area contributed by atoms with Gasteiger partial charge in [-0.05, 0) is 60.7 Å². The Labute approximate surface area is 199 Å². The van der Waals surface area contributed by atoms with Crippen LogP contribution in [0.2, 0.25) is 10.0 Å². The minimum atomic E-state index is -0.162. The molecular formula is C23H18Cl2N4O2S. The van der Waals surface area contributed by atoms with Crippen LogP contribution in [0.1, 0.15) is 5.82 Å². The number of nitrogens with zero attached hydrogens (tertiary/aromatic N) is 3. The molecular weight excluding hydrogens is 467 g/mol. The van der Waals surface area contributed by atoms with Crippen LogP contribution in [0, 0.1) is 0 Å². The Kier molecular flexibility index (Phi) is 7.32. The van der Waals surface area contributed by atoms with E-state index in [1.54, 1.807) is 36.4 Å². The van der Waals surface area contributed by atoms with Crippen LogP contribution in [0.5, 0.6) is 5.75 Å². The van der Waals surface area contributed by atoms with Crippen molar-refractivity contribution in [1.82, 2.24) is 14.8 Å². The van der Waals surface area contributed by atoms with Crippen LogP contribution >= 0.6 is 35.0 Å². The maximum atomic E-state index is 12.4. The fraction of sp³-hybridized carbons (Fsp3) is 0.0870. The minimum Gasteiger partial charge on any atom is -0.486 e. The highest BCUT2D eigenvalue weighted by Gasteiger charge is 2.17. The van der Waals surface area contributed by atoms with Crippen LogP contribution in [0.3, 0.4) is 0 Å². The summed E-state index contributed by atoms with van der Waals surface area (Å²) in [4.78, 5) is 12.4. The summed E-state index contributed by atoms with van der Waals surface area (Å²) in [5.41, 5.74) is 1.50. The zero-order valence-corrected chi connectivity index (χ0v) is 19.1. The highest BCUT2D eigenvalue weighted by atomic mass is 35.5. The maximum Gasteiger partial charge on any atom is 0.234 e. The Morgan fingerprint density at radius 2 is 1.56 bits per heavy atom. The van der Waals surface area contributed by atoms with E-state index in [4.69, 9.17) is 27.9 Å². The third kappa shape index (κ3) is 5.82. The lowest BCUT2D eigenvalue weighted by atomic mass is 10.3. The molecule has 0 aliphatic carbocycles. The van der Waals surface area contributed by atoms with Crippen LogP contribution < -0.4 is 10.1 Å². The molecule has 162 valence electrons. The number of aromatic nitrogens is 3. The minimum absolute atomic E-state index is 0.161. The number of carbonyl (C=O) groups excluding carboxylic acids is 1. The number of hydrogen-bond acceptors (Lipinski definition) is 5. The first-order chi connectivity index (χ1) is 15.6. The molecule has 0 fully saturated rings. The zero-order valence-electron chi connectivity index (χ0n) is 16.7. The van der Waals surface area contributed by atoms with E-state index in [1.165, 1.54) is 11.8 Å². The van der Waals surface area contributed by atoms with Crippen LogP contribution in [0.4, 0.5) is 5.69 Å². The third-order valence-electron chi connectivity index (χ3n) is 4.36. The average Bonchev–Trinajstić information content (AvgIpc) is 3.22. The topological polar surface area (TPSA) is 69.0 Å². The Bertz CT molecular complexity index is 1180. The monoisotopic (exact) mass is 484 g/mol. The number of anilines is 1. The molecule has 4 rings (SSSR count). The predicted octanol–water partition coefficient (Wildman–Crippen LogP) is 5.88. The van der Waals surface area contributed by atoms with Gasteiger partial charge < -0.3 is 10.1 Å². The summed E-state index contributed by atoms with van der Waals surface area (Å²) in [7, 11) is 0. The van der Waals surface area contributed by atoms with Gasteiger partial charge in [-0.25, -0.2) is 0 Å². The van der Waals surface area contributed by atoms with Crippen molar-refractivity contribution < 1.29 is 9.53 Å². The van der Waals surface area contributed by atoms with Gasteiger partial charge in [-0.1, -0.05) is 53.2 Å². The molecule has 0 aliphatic heterocycles. The average molecular weight is 485 g/mol. The molecule has 1 N–H and O–H groups in total. The second kappa shape index (κ2) is 10.5. The van der Waals surface area contributed by atoms with Gasteiger partial charge in [-0.3, -0.25) is 9.36 Å². The molecule has 0 saturated heterocycles. The first kappa shape index (κ1) is 22.2. The summed E-state index contributed by atoms with van der Waals surface area (Å²) in [6, 6.07) is 23.7. The van der Waals surface area contributed by atoms with Crippen molar-refractivity contribution in [2.75, 3.05) is 11.1 Å². The normalized spacial score (nSPS) is 10.7. The van der Waals surface area contributed by atoms with Gasteiger partial charge in [0.05, 0.1) is 5.75 Å². The van der Waals surface area contributed by atoms with Crippen LogP contribution in [0.25, 0.3) is 5.69 Å². The van der Waals surface area contributed by atoms with E-state index >= 15 is 0 Å². The van der Waals surface area contributed by atoms with Gasteiger partial charge in [0.1, 0.15) is 12.4 Å². The fourth-order valence-electron chi connectivity index (χ4n) is 2.86. The third-order valence-corrected chi connectivity index (χ3v) is 5.79. The lowest BCUT2D eigenvalue weighted by Crippen LogP contribution is -2.14. The molecule has 3 aromatic carbocycles. The first-order valence-electron chi connectivity index (χ1n) is 9.65. The Morgan fingerprint density at radius 1 is 0.906 bits per heavy atom. The first-order valence-corrected chi connectivity index (χ1v) is 11.4. The Morgan fingerprint density at radius 3 is 2.25 bits per heavy atom. The Hall–Kier alpha value is -3.00. The van der Waals surface area contributed by atoms with Gasteiger partial charge in [0, 0.05) is 21.4 Å². The molecule has 0 unspecified atom stereocenters. The van der Waals surface area contributed by atoms with Gasteiger partial charge in [-0.2, -0.15) is 0 Å². The molecule has 0 spiro atoms. The molecule has 0 radical (unpaired) electrons. The molecule has 1 heterocycles. The summed E-state index contributed by atoms with van der Waals surface area (Å²) < 4.78 is 7.72. The summed E-state index contributed by atoms with van der Waals surface area (Å²) in [5, 5.41) is 13.2. The van der Waals surface area contributed by atoms with Gasteiger partial charge >= 0.3 is 0 Å². The largest absolute Gasteiger partial charge is 0.486 e. The summed E-state index contributed by atoms with van der Waals surface area (Å²) in [6.07, 6.45) is 0. The molecule has 0 atom stereocenters. The van der Waals surface area contributed by atoms with E-state index < -0.39 is 0 Å². The lowest BCUT2D eigenvalue weighted by Gasteiger charge is -2.11. The quantitative estimate of drug-likeness (QED) is 0.316. The van der Waals surface area contributed by atoms with E-state index in [1.807, 2.05) is 47.0 Å². The standard InChI is InChI=1S/C23H18Cl2N4O2S/c24-16-6-10-18(11-7-16)26-22(30)15-32-23-28-27-21(14-31-20-4-2-1-3-5-20)29(23)19-12-8-17(25)9-13-19/h1-13H,14-15H2,(H,26,30). The molecule has 4 aromatic rings. The number of carbonyl (C=O) groups is 1. The lowest BCUT2D eigenvalue weighted by molar-refractivity contribution is -0.113. The summed E-state index contributed by atoms with van der Waals surface area (Å²) in [6.45, 7) is 0.219. The Balaban J connectivity index is 1.50. The molecule has 0 saturated carbocycles. The molecule has 0 aliphatic rings. The molecule has 9 heteroatoms. The van der Waals surface area contributed by atoms with E-state index in [2.05, 4.69) is 15.5 Å². The molecule has 32 heavy (non-hydrogen) atoms. The molecule has 0 bridgehead atoms. The van der Waals surface area contributed by atoms with Crippen LogP contribution in [0.15, 0.2) is 84.0 Å². The number of thioether (sulfide) groups is 1. The van der Waals surface area contributed by atoms with Gasteiger partial charge in [0.25, 0.3) is 0 Å². The number of benzene rings is 3. The second-order valence-corrected chi connectivity index (χ2v) is 8.47. The van der Waals surface area contributed by atoms with Crippen LogP contribution in [-0.2, 0) is 11.4 Å². The van der Waals surface area contributed by atoms with Crippen LogP contribution in [-0.4, -0.2) is 26.4 Å². The van der Waals surface area contributed by atoms with Crippen molar-refractivity contribution in [3.05, 3.63) is 94.7 Å². The molecule has 1 aromatic heterocycles. The van der Waals surface area contributed by atoms with E-state index in [0.29, 0.717) is 26.7 Å². The van der Waals surface area contributed by atoms with E-state index in [0.717, 1.165) is 11.4 Å². The number of halogens is 2. The predicted molar refractivity (Wildman–Crippen MR) is 128 cm³/mol. The van der Waals surface area contributed by atoms with Crippen molar-refractivity contribution >= 4 is 46.6 Å². The second-order valence-electron chi connectivity index (χ2n) is 6.66. The highest BCUT2D eigenvalue weighted by molar-refractivity contribution is 7.99. The number of ether oxygens (including phenoxy) is 1. The molecule has 6 nitrogen and oxygen atoms in total. The summed E-state index contributed by atoms with van der Waals surface area (Å²) >= 11 is 13.2. The number of rotatable bonds is 8. The van der Waals surface area contributed by atoms with Gasteiger partial charge in [-0.15, -0.1) is 10.2 Å². The van der Waals surface area contributed by atoms with Crippen molar-refractivity contribution in [2.24, 2.45) is 0 Å². The number of para-hydroxylation sites is 1. The van der Waals surface area contributed by atoms with Crippen molar-refractivity contribution in [3.63, 3.8) is 0 Å². The maximum absolute atomic E-state index is 12.4. The van der Waals surface area contributed by atoms with Crippen molar-refractivity contribution in [2.45, 2.75) is 11.8 Å². The van der Waals surface area contributed by atoms with Gasteiger partial charge in [0.15, 0.2) is 11.0 Å². The van der Waals surface area contributed by atoms with Crippen molar-refractivity contribution in [1.29, 1.82) is 0 Å². The summed E-state index contributed by atoms with van der Waals surface area (Å²) in [5.74, 6) is 1.34. The number of hydrogen-bond donors (Lipinski definition) is 1. The fourth-order valence-corrected chi connectivity index (χ4v) is 3.88. The van der Waals surface area contributed by atoms with E-state index in [9.17, 15) is 4.79 Å². The van der Waals surface area contributed by atoms with Gasteiger partial charge in [0.2, 0.25) is 5.91 Å².